The number of amides is 2. The van der Waals surface area contributed by atoms with Gasteiger partial charge in [-0.05, 0) is 43.7 Å². The van der Waals surface area contributed by atoms with E-state index in [1.165, 1.54) is 4.70 Å². The topological polar surface area (TPSA) is 72.0 Å². The average molecular weight is 472 g/mol. The summed E-state index contributed by atoms with van der Waals surface area (Å²) in [6.45, 7) is 4.90. The summed E-state index contributed by atoms with van der Waals surface area (Å²) in [7, 11) is 0. The molecule has 0 saturated carbocycles. The van der Waals surface area contributed by atoms with E-state index in [0.29, 0.717) is 58.1 Å². The van der Waals surface area contributed by atoms with Gasteiger partial charge in [0.1, 0.15) is 0 Å². The van der Waals surface area contributed by atoms with E-state index < -0.39 is 0 Å². The van der Waals surface area contributed by atoms with Crippen LogP contribution in [0.25, 0.3) is 10.2 Å². The summed E-state index contributed by atoms with van der Waals surface area (Å²) < 4.78 is 12.8. The van der Waals surface area contributed by atoms with Crippen LogP contribution < -0.4 is 0 Å². The summed E-state index contributed by atoms with van der Waals surface area (Å²) in [5.41, 5.74) is 0.846. The van der Waals surface area contributed by atoms with E-state index in [-0.39, 0.29) is 17.4 Å². The standard InChI is InChI=1S/C25H33N3O4S/c29-23(6-5-22-26-20-3-1-2-4-21(20)33-22)27-10-8-25(9-11-27)18-19(7-14-32-25)17-24(30)28-12-15-31-16-13-28/h1-4,19H,5-18H2. The van der Waals surface area contributed by atoms with Crippen LogP contribution in [-0.4, -0.2) is 78.2 Å². The van der Waals surface area contributed by atoms with E-state index in [9.17, 15) is 9.59 Å². The Bertz CT molecular complexity index is 946. The van der Waals surface area contributed by atoms with Crippen LogP contribution in [0.2, 0.25) is 0 Å². The number of likely N-dealkylation sites (tertiary alicyclic amines) is 1. The minimum atomic E-state index is -0.169. The van der Waals surface area contributed by atoms with E-state index in [0.717, 1.165) is 49.3 Å². The molecule has 4 heterocycles. The number of aryl methyl sites for hydroxylation is 1. The number of ether oxygens (including phenoxy) is 2. The Morgan fingerprint density at radius 2 is 1.79 bits per heavy atom. The van der Waals surface area contributed by atoms with Gasteiger partial charge in [0.2, 0.25) is 11.8 Å². The Hall–Kier alpha value is -2.03. The van der Waals surface area contributed by atoms with Gasteiger partial charge in [-0.3, -0.25) is 9.59 Å². The summed E-state index contributed by atoms with van der Waals surface area (Å²) in [6, 6.07) is 8.12. The van der Waals surface area contributed by atoms with Gasteiger partial charge in [0, 0.05) is 52.0 Å². The van der Waals surface area contributed by atoms with Crippen molar-refractivity contribution < 1.29 is 19.1 Å². The fourth-order valence-corrected chi connectivity index (χ4v) is 6.37. The predicted octanol–water partition coefficient (Wildman–Crippen LogP) is 3.27. The lowest BCUT2D eigenvalue weighted by molar-refractivity contribution is -0.150. The van der Waals surface area contributed by atoms with Gasteiger partial charge in [0.15, 0.2) is 0 Å². The van der Waals surface area contributed by atoms with Crippen molar-refractivity contribution in [3.05, 3.63) is 29.3 Å². The lowest BCUT2D eigenvalue weighted by Gasteiger charge is -2.46. The first-order valence-electron chi connectivity index (χ1n) is 12.2. The van der Waals surface area contributed by atoms with Gasteiger partial charge in [0.05, 0.1) is 34.0 Å². The maximum absolute atomic E-state index is 12.8. The fourth-order valence-electron chi connectivity index (χ4n) is 5.40. The van der Waals surface area contributed by atoms with Crippen molar-refractivity contribution in [1.29, 1.82) is 0 Å². The number of morpholine rings is 1. The van der Waals surface area contributed by atoms with Crippen molar-refractivity contribution >= 4 is 33.4 Å². The first-order chi connectivity index (χ1) is 16.1. The SMILES string of the molecule is O=C(CCc1nc2ccccc2s1)N1CCC2(CC1)CC(CC(=O)N1CCOCC1)CCO2. The van der Waals surface area contributed by atoms with Crippen LogP contribution in [0.4, 0.5) is 0 Å². The Balaban J connectivity index is 1.09. The molecule has 1 aromatic carbocycles. The second-order valence-corrected chi connectivity index (χ2v) is 10.7. The summed E-state index contributed by atoms with van der Waals surface area (Å²) in [5, 5.41) is 1.03. The first kappa shape index (κ1) is 22.7. The molecule has 5 rings (SSSR count). The zero-order valence-electron chi connectivity index (χ0n) is 19.2. The van der Waals surface area contributed by atoms with E-state index in [4.69, 9.17) is 9.47 Å². The number of carbonyl (C=O) groups is 2. The molecule has 3 aliphatic rings. The van der Waals surface area contributed by atoms with Crippen LogP contribution in [0.1, 0.15) is 43.5 Å². The van der Waals surface area contributed by atoms with Crippen molar-refractivity contribution in [2.75, 3.05) is 46.0 Å². The normalized spacial score (nSPS) is 23.2. The molecule has 0 radical (unpaired) electrons. The summed E-state index contributed by atoms with van der Waals surface area (Å²) in [4.78, 5) is 34.1. The largest absolute Gasteiger partial charge is 0.378 e. The Morgan fingerprint density at radius 3 is 2.58 bits per heavy atom. The van der Waals surface area contributed by atoms with Crippen LogP contribution in [0, 0.1) is 5.92 Å². The number of piperidine rings is 1. The molecule has 3 saturated heterocycles. The van der Waals surface area contributed by atoms with E-state index in [1.807, 2.05) is 28.0 Å². The van der Waals surface area contributed by atoms with Crippen molar-refractivity contribution in [2.45, 2.75) is 50.5 Å². The summed E-state index contributed by atoms with van der Waals surface area (Å²) in [5.74, 6) is 0.831. The van der Waals surface area contributed by atoms with Gasteiger partial charge in [-0.1, -0.05) is 12.1 Å². The molecule has 3 aliphatic heterocycles. The number of thiazole rings is 1. The lowest BCUT2D eigenvalue weighted by atomic mass is 9.78. The predicted molar refractivity (Wildman–Crippen MR) is 127 cm³/mol. The van der Waals surface area contributed by atoms with Gasteiger partial charge >= 0.3 is 0 Å². The van der Waals surface area contributed by atoms with E-state index in [1.54, 1.807) is 11.3 Å². The zero-order chi connectivity index (χ0) is 22.7. The van der Waals surface area contributed by atoms with Gasteiger partial charge < -0.3 is 19.3 Å². The number of nitrogens with zero attached hydrogens (tertiary/aromatic N) is 3. The van der Waals surface area contributed by atoms with E-state index in [2.05, 4.69) is 11.1 Å². The molecule has 0 bridgehead atoms. The van der Waals surface area contributed by atoms with Crippen molar-refractivity contribution in [3.8, 4) is 0 Å². The lowest BCUT2D eigenvalue weighted by Crippen LogP contribution is -2.51. The van der Waals surface area contributed by atoms with Crippen LogP contribution in [-0.2, 0) is 25.5 Å². The Morgan fingerprint density at radius 1 is 1.03 bits per heavy atom. The first-order valence-corrected chi connectivity index (χ1v) is 13.0. The number of rotatable bonds is 5. The molecule has 1 spiro atoms. The number of aromatic nitrogens is 1. The molecule has 33 heavy (non-hydrogen) atoms. The highest BCUT2D eigenvalue weighted by Crippen LogP contribution is 2.39. The number of hydrogen-bond acceptors (Lipinski definition) is 6. The van der Waals surface area contributed by atoms with Gasteiger partial charge in [0.25, 0.3) is 0 Å². The molecule has 1 atom stereocenters. The molecule has 1 unspecified atom stereocenters. The van der Waals surface area contributed by atoms with Crippen LogP contribution in [0.15, 0.2) is 24.3 Å². The van der Waals surface area contributed by atoms with Gasteiger partial charge in [-0.15, -0.1) is 11.3 Å². The molecule has 0 N–H and O–H groups in total. The third kappa shape index (κ3) is 5.39. The molecule has 3 fully saturated rings. The van der Waals surface area contributed by atoms with Crippen LogP contribution >= 0.6 is 11.3 Å². The van der Waals surface area contributed by atoms with Crippen molar-refractivity contribution in [2.24, 2.45) is 5.92 Å². The highest BCUT2D eigenvalue weighted by atomic mass is 32.1. The number of fused-ring (bicyclic) bond motifs is 1. The summed E-state index contributed by atoms with van der Waals surface area (Å²) >= 11 is 1.68. The Kier molecular flexibility index (Phi) is 6.94. The van der Waals surface area contributed by atoms with Crippen LogP contribution in [0.5, 0.6) is 0 Å². The number of benzene rings is 1. The molecular weight excluding hydrogens is 438 g/mol. The molecule has 7 nitrogen and oxygen atoms in total. The minimum Gasteiger partial charge on any atom is -0.378 e. The van der Waals surface area contributed by atoms with Crippen LogP contribution in [0.3, 0.4) is 0 Å². The summed E-state index contributed by atoms with van der Waals surface area (Å²) in [6.07, 6.45) is 5.41. The van der Waals surface area contributed by atoms with Gasteiger partial charge in [-0.2, -0.15) is 0 Å². The monoisotopic (exact) mass is 471 g/mol. The molecule has 8 heteroatoms. The molecule has 0 aliphatic carbocycles. The number of carbonyl (C=O) groups excluding carboxylic acids is 2. The quantitative estimate of drug-likeness (QED) is 0.669. The molecule has 1 aromatic heterocycles. The van der Waals surface area contributed by atoms with Gasteiger partial charge in [-0.25, -0.2) is 4.98 Å². The third-order valence-corrected chi connectivity index (χ3v) is 8.44. The number of para-hydroxylation sites is 1. The second-order valence-electron chi connectivity index (χ2n) is 9.54. The second kappa shape index (κ2) is 10.1. The zero-order valence-corrected chi connectivity index (χ0v) is 20.0. The maximum Gasteiger partial charge on any atom is 0.223 e. The van der Waals surface area contributed by atoms with E-state index >= 15 is 0 Å². The third-order valence-electron chi connectivity index (χ3n) is 7.34. The van der Waals surface area contributed by atoms with Crippen molar-refractivity contribution in [1.82, 2.24) is 14.8 Å². The van der Waals surface area contributed by atoms with Crippen molar-refractivity contribution in [3.63, 3.8) is 0 Å². The molecule has 178 valence electrons. The Labute approximate surface area is 199 Å². The molecule has 2 amide bonds. The smallest absolute Gasteiger partial charge is 0.223 e. The minimum absolute atomic E-state index is 0.169. The highest BCUT2D eigenvalue weighted by molar-refractivity contribution is 7.18. The molecule has 2 aromatic rings. The number of hydrogen-bond donors (Lipinski definition) is 0. The fraction of sp³-hybridized carbons (Fsp3) is 0.640. The average Bonchev–Trinajstić information content (AvgIpc) is 3.27. The highest BCUT2D eigenvalue weighted by Gasteiger charge is 2.41. The molecular formula is C25H33N3O4S. The maximum atomic E-state index is 12.8.